The molecule has 174 valence electrons. The summed E-state index contributed by atoms with van der Waals surface area (Å²) in [6.45, 7) is 4.58. The van der Waals surface area contributed by atoms with Gasteiger partial charge in [-0.15, -0.1) is 0 Å². The quantitative estimate of drug-likeness (QED) is 0.579. The minimum Gasteiger partial charge on any atom is -0.497 e. The first-order chi connectivity index (χ1) is 15.2. The van der Waals surface area contributed by atoms with E-state index < -0.39 is 10.0 Å². The molecule has 0 saturated heterocycles. The largest absolute Gasteiger partial charge is 0.497 e. The van der Waals surface area contributed by atoms with Gasteiger partial charge in [0.15, 0.2) is 0 Å². The van der Waals surface area contributed by atoms with Crippen LogP contribution in [0.2, 0.25) is 0 Å². The molecule has 0 heterocycles. The highest BCUT2D eigenvalue weighted by molar-refractivity contribution is 7.92. The normalized spacial score (nSPS) is 14.5. The Kier molecular flexibility index (Phi) is 7.33. The molecule has 32 heavy (non-hydrogen) atoms. The first-order valence-electron chi connectivity index (χ1n) is 10.9. The Morgan fingerprint density at radius 3 is 2.34 bits per heavy atom. The summed E-state index contributed by atoms with van der Waals surface area (Å²) in [4.78, 5) is 17.0. The first-order valence-corrected chi connectivity index (χ1v) is 12.4. The van der Waals surface area contributed by atoms with Crippen LogP contribution in [0, 0.1) is 5.92 Å². The standard InChI is InChI=1S/C24H33N3O4S/c1-6-17(2)27(24(28)18-7-8-18)16-19-15-20(9-14-23(19)26(3)4)25-32(29,30)22-12-10-21(31-5)11-13-22/h9-15,17-18,25H,6-8,16H2,1-5H3/t17-/m1/s1. The van der Waals surface area contributed by atoms with Gasteiger partial charge in [-0.25, -0.2) is 8.42 Å². The molecular formula is C24H33N3O4S. The van der Waals surface area contributed by atoms with Crippen LogP contribution in [0.3, 0.4) is 0 Å². The minimum absolute atomic E-state index is 0.109. The fraction of sp³-hybridized carbons (Fsp3) is 0.458. The van der Waals surface area contributed by atoms with E-state index in [2.05, 4.69) is 18.6 Å². The fourth-order valence-electron chi connectivity index (χ4n) is 3.60. The summed E-state index contributed by atoms with van der Waals surface area (Å²) >= 11 is 0. The smallest absolute Gasteiger partial charge is 0.261 e. The van der Waals surface area contributed by atoms with E-state index >= 15 is 0 Å². The second-order valence-electron chi connectivity index (χ2n) is 8.52. The lowest BCUT2D eigenvalue weighted by Gasteiger charge is -2.31. The molecule has 0 aliphatic heterocycles. The van der Waals surface area contributed by atoms with Gasteiger partial charge in [-0.2, -0.15) is 0 Å². The summed E-state index contributed by atoms with van der Waals surface area (Å²) in [5.74, 6) is 0.906. The molecule has 0 unspecified atom stereocenters. The monoisotopic (exact) mass is 459 g/mol. The summed E-state index contributed by atoms with van der Waals surface area (Å²) in [6.07, 6.45) is 2.77. The number of methoxy groups -OCH3 is 1. The predicted octanol–water partition coefficient (Wildman–Crippen LogP) is 4.10. The summed E-state index contributed by atoms with van der Waals surface area (Å²) in [5, 5.41) is 0. The molecule has 1 aliphatic rings. The predicted molar refractivity (Wildman–Crippen MR) is 128 cm³/mol. The van der Waals surface area contributed by atoms with Crippen LogP contribution in [0.1, 0.15) is 38.7 Å². The Hall–Kier alpha value is -2.74. The van der Waals surface area contributed by atoms with Crippen molar-refractivity contribution in [1.29, 1.82) is 0 Å². The molecule has 1 amide bonds. The average Bonchev–Trinajstić information content (AvgIpc) is 3.61. The molecule has 1 aliphatic carbocycles. The van der Waals surface area contributed by atoms with Crippen LogP contribution in [0.4, 0.5) is 11.4 Å². The number of hydrogen-bond donors (Lipinski definition) is 1. The molecule has 1 atom stereocenters. The Morgan fingerprint density at radius 1 is 1.16 bits per heavy atom. The van der Waals surface area contributed by atoms with Crippen molar-refractivity contribution in [1.82, 2.24) is 4.90 Å². The summed E-state index contributed by atoms with van der Waals surface area (Å²) < 4.78 is 33.5. The second kappa shape index (κ2) is 9.81. The zero-order valence-electron chi connectivity index (χ0n) is 19.5. The van der Waals surface area contributed by atoms with Gasteiger partial charge in [0.25, 0.3) is 10.0 Å². The number of nitrogens with one attached hydrogen (secondary N) is 1. The molecule has 0 bridgehead atoms. The van der Waals surface area contributed by atoms with Gasteiger partial charge in [-0.05, 0) is 74.2 Å². The molecule has 7 nitrogen and oxygen atoms in total. The topological polar surface area (TPSA) is 79.0 Å². The van der Waals surface area contributed by atoms with Gasteiger partial charge in [0.1, 0.15) is 5.75 Å². The number of amides is 1. The molecule has 1 saturated carbocycles. The number of hydrogen-bond acceptors (Lipinski definition) is 5. The number of rotatable bonds is 10. The van der Waals surface area contributed by atoms with Crippen molar-refractivity contribution in [2.45, 2.75) is 50.6 Å². The molecule has 2 aromatic carbocycles. The zero-order valence-corrected chi connectivity index (χ0v) is 20.3. The van der Waals surface area contributed by atoms with Crippen LogP contribution in [-0.4, -0.2) is 46.5 Å². The Bertz CT molecular complexity index is 1050. The van der Waals surface area contributed by atoms with Crippen LogP contribution in [0.25, 0.3) is 0 Å². The summed E-state index contributed by atoms with van der Waals surface area (Å²) in [7, 11) is 1.66. The molecule has 8 heteroatoms. The SMILES string of the molecule is CC[C@@H](C)N(Cc1cc(NS(=O)(=O)c2ccc(OC)cc2)ccc1N(C)C)C(=O)C1CC1. The zero-order chi connectivity index (χ0) is 23.5. The number of nitrogens with zero attached hydrogens (tertiary/aromatic N) is 2. The lowest BCUT2D eigenvalue weighted by atomic mass is 10.1. The number of sulfonamides is 1. The van der Waals surface area contributed by atoms with E-state index in [1.54, 1.807) is 18.2 Å². The molecule has 1 fully saturated rings. The highest BCUT2D eigenvalue weighted by atomic mass is 32.2. The third-order valence-electron chi connectivity index (χ3n) is 5.86. The van der Waals surface area contributed by atoms with Gasteiger partial charge in [-0.1, -0.05) is 6.92 Å². The number of anilines is 2. The Balaban J connectivity index is 1.90. The van der Waals surface area contributed by atoms with Crippen LogP contribution in [-0.2, 0) is 21.4 Å². The lowest BCUT2D eigenvalue weighted by molar-refractivity contribution is -0.135. The van der Waals surface area contributed by atoms with Gasteiger partial charge in [0.05, 0.1) is 12.0 Å². The van der Waals surface area contributed by atoms with E-state index in [0.717, 1.165) is 30.5 Å². The fourth-order valence-corrected chi connectivity index (χ4v) is 4.65. The van der Waals surface area contributed by atoms with Crippen molar-refractivity contribution in [2.75, 3.05) is 30.8 Å². The average molecular weight is 460 g/mol. The highest BCUT2D eigenvalue weighted by Crippen LogP contribution is 2.34. The first kappa shape index (κ1) is 23.9. The van der Waals surface area contributed by atoms with E-state index in [1.165, 1.54) is 19.2 Å². The maximum atomic E-state index is 12.9. The van der Waals surface area contributed by atoms with Crippen LogP contribution < -0.4 is 14.4 Å². The van der Waals surface area contributed by atoms with Gasteiger partial charge in [0.2, 0.25) is 5.91 Å². The maximum absolute atomic E-state index is 12.9. The van der Waals surface area contributed by atoms with Crippen LogP contribution in [0.15, 0.2) is 47.4 Å². The minimum atomic E-state index is -3.76. The molecule has 0 radical (unpaired) electrons. The summed E-state index contributed by atoms with van der Waals surface area (Å²) in [6, 6.07) is 11.8. The maximum Gasteiger partial charge on any atom is 0.261 e. The molecule has 0 aromatic heterocycles. The van der Waals surface area contributed by atoms with Gasteiger partial charge in [-0.3, -0.25) is 9.52 Å². The molecule has 3 rings (SSSR count). The van der Waals surface area contributed by atoms with E-state index in [4.69, 9.17) is 4.74 Å². The van der Waals surface area contributed by atoms with Crippen molar-refractivity contribution < 1.29 is 17.9 Å². The molecule has 0 spiro atoms. The van der Waals surface area contributed by atoms with Crippen molar-refractivity contribution in [3.63, 3.8) is 0 Å². The number of ether oxygens (including phenoxy) is 1. The van der Waals surface area contributed by atoms with Gasteiger partial charge < -0.3 is 14.5 Å². The van der Waals surface area contributed by atoms with Crippen molar-refractivity contribution in [3.05, 3.63) is 48.0 Å². The van der Waals surface area contributed by atoms with Crippen LogP contribution >= 0.6 is 0 Å². The highest BCUT2D eigenvalue weighted by Gasteiger charge is 2.35. The third-order valence-corrected chi connectivity index (χ3v) is 7.25. The molecular weight excluding hydrogens is 426 g/mol. The lowest BCUT2D eigenvalue weighted by Crippen LogP contribution is -2.39. The van der Waals surface area contributed by atoms with Crippen molar-refractivity contribution >= 4 is 27.3 Å². The van der Waals surface area contributed by atoms with E-state index in [0.29, 0.717) is 18.0 Å². The third kappa shape index (κ3) is 5.54. The Morgan fingerprint density at radius 2 is 1.81 bits per heavy atom. The summed E-state index contributed by atoms with van der Waals surface area (Å²) in [5.41, 5.74) is 2.32. The number of carbonyl (C=O) groups excluding carboxylic acids is 1. The molecule has 2 aromatic rings. The number of benzene rings is 2. The van der Waals surface area contributed by atoms with E-state index in [9.17, 15) is 13.2 Å². The van der Waals surface area contributed by atoms with E-state index in [-0.39, 0.29) is 22.8 Å². The second-order valence-corrected chi connectivity index (χ2v) is 10.2. The number of carbonyl (C=O) groups is 1. The van der Waals surface area contributed by atoms with Crippen LogP contribution in [0.5, 0.6) is 5.75 Å². The van der Waals surface area contributed by atoms with Gasteiger partial charge in [0, 0.05) is 44.0 Å². The van der Waals surface area contributed by atoms with Crippen molar-refractivity contribution in [3.8, 4) is 5.75 Å². The Labute approximate surface area is 191 Å². The van der Waals surface area contributed by atoms with E-state index in [1.807, 2.05) is 36.0 Å². The van der Waals surface area contributed by atoms with Gasteiger partial charge >= 0.3 is 0 Å². The van der Waals surface area contributed by atoms with Crippen molar-refractivity contribution in [2.24, 2.45) is 5.92 Å². The molecule has 1 N–H and O–H groups in total.